The topological polar surface area (TPSA) is 67.5 Å². The molecule has 0 atom stereocenters. The molecule has 0 aliphatic heterocycles. The SMILES string of the molecule is COc1ccc(CN(C)CCc2nc3ccccc3c(=O)[nH]2)c(OC)c1. The van der Waals surface area contributed by atoms with Crippen molar-refractivity contribution in [3.05, 3.63) is 64.2 Å². The minimum atomic E-state index is -0.0925. The van der Waals surface area contributed by atoms with Crippen LogP contribution in [0.25, 0.3) is 10.9 Å². The van der Waals surface area contributed by atoms with Crippen LogP contribution in [0.4, 0.5) is 0 Å². The normalized spacial score (nSPS) is 11.1. The summed E-state index contributed by atoms with van der Waals surface area (Å²) in [6.45, 7) is 1.49. The van der Waals surface area contributed by atoms with Crippen molar-refractivity contribution in [2.45, 2.75) is 13.0 Å². The van der Waals surface area contributed by atoms with Gasteiger partial charge in [-0.25, -0.2) is 4.98 Å². The zero-order valence-electron chi connectivity index (χ0n) is 15.3. The molecule has 0 saturated carbocycles. The molecule has 1 aromatic heterocycles. The molecule has 1 heterocycles. The zero-order valence-corrected chi connectivity index (χ0v) is 15.3. The highest BCUT2D eigenvalue weighted by Crippen LogP contribution is 2.25. The van der Waals surface area contributed by atoms with E-state index in [1.807, 2.05) is 43.4 Å². The van der Waals surface area contributed by atoms with Gasteiger partial charge >= 0.3 is 0 Å². The van der Waals surface area contributed by atoms with Crippen molar-refractivity contribution in [3.63, 3.8) is 0 Å². The molecule has 0 fully saturated rings. The van der Waals surface area contributed by atoms with Crippen LogP contribution in [0.15, 0.2) is 47.3 Å². The van der Waals surface area contributed by atoms with E-state index in [1.54, 1.807) is 20.3 Å². The Morgan fingerprint density at radius 3 is 2.69 bits per heavy atom. The van der Waals surface area contributed by atoms with E-state index < -0.39 is 0 Å². The third-order valence-electron chi connectivity index (χ3n) is 4.33. The van der Waals surface area contributed by atoms with Crippen LogP contribution in [-0.4, -0.2) is 42.7 Å². The van der Waals surface area contributed by atoms with Crippen molar-refractivity contribution >= 4 is 10.9 Å². The number of benzene rings is 2. The number of hydrogen-bond acceptors (Lipinski definition) is 5. The van der Waals surface area contributed by atoms with E-state index in [0.29, 0.717) is 17.6 Å². The molecule has 0 radical (unpaired) electrons. The molecule has 0 amide bonds. The Kier molecular flexibility index (Phi) is 5.53. The third-order valence-corrected chi connectivity index (χ3v) is 4.33. The Labute approximate surface area is 152 Å². The summed E-state index contributed by atoms with van der Waals surface area (Å²) in [6.07, 6.45) is 0.662. The van der Waals surface area contributed by atoms with Gasteiger partial charge in [0.05, 0.1) is 25.1 Å². The van der Waals surface area contributed by atoms with E-state index in [4.69, 9.17) is 9.47 Å². The molecule has 0 aliphatic rings. The lowest BCUT2D eigenvalue weighted by molar-refractivity contribution is 0.318. The third kappa shape index (κ3) is 4.03. The maximum atomic E-state index is 12.1. The molecule has 1 N–H and O–H groups in total. The second-order valence-corrected chi connectivity index (χ2v) is 6.20. The van der Waals surface area contributed by atoms with Gasteiger partial charge in [0.2, 0.25) is 0 Å². The first-order valence-electron chi connectivity index (χ1n) is 8.48. The van der Waals surface area contributed by atoms with Gasteiger partial charge in [0.15, 0.2) is 0 Å². The fourth-order valence-corrected chi connectivity index (χ4v) is 2.90. The number of ether oxygens (including phenoxy) is 2. The highest BCUT2D eigenvalue weighted by molar-refractivity contribution is 5.77. The smallest absolute Gasteiger partial charge is 0.258 e. The first-order valence-corrected chi connectivity index (χ1v) is 8.48. The quantitative estimate of drug-likeness (QED) is 0.707. The number of H-pyrrole nitrogens is 1. The number of aromatic amines is 1. The summed E-state index contributed by atoms with van der Waals surface area (Å²) < 4.78 is 10.7. The average molecular weight is 353 g/mol. The number of likely N-dealkylation sites (N-methyl/N-ethyl adjacent to an activating group) is 1. The molecule has 3 aromatic rings. The molecule has 6 heteroatoms. The molecule has 0 unspecified atom stereocenters. The number of hydrogen-bond donors (Lipinski definition) is 1. The van der Waals surface area contributed by atoms with Gasteiger partial charge < -0.3 is 19.4 Å². The van der Waals surface area contributed by atoms with Crippen LogP contribution in [0.5, 0.6) is 11.5 Å². The van der Waals surface area contributed by atoms with Gasteiger partial charge in [0.1, 0.15) is 17.3 Å². The van der Waals surface area contributed by atoms with Crippen LogP contribution in [-0.2, 0) is 13.0 Å². The van der Waals surface area contributed by atoms with Crippen molar-refractivity contribution in [1.82, 2.24) is 14.9 Å². The minimum absolute atomic E-state index is 0.0925. The summed E-state index contributed by atoms with van der Waals surface area (Å²) in [6, 6.07) is 13.2. The van der Waals surface area contributed by atoms with Crippen molar-refractivity contribution in [1.29, 1.82) is 0 Å². The van der Waals surface area contributed by atoms with Gasteiger partial charge in [-0.2, -0.15) is 0 Å². The Morgan fingerprint density at radius 2 is 1.92 bits per heavy atom. The Bertz CT molecular complexity index is 952. The molecule has 136 valence electrons. The number of nitrogens with zero attached hydrogens (tertiary/aromatic N) is 2. The van der Waals surface area contributed by atoms with Gasteiger partial charge in [0, 0.05) is 31.1 Å². The number of methoxy groups -OCH3 is 2. The summed E-state index contributed by atoms with van der Waals surface area (Å²) in [5.74, 6) is 2.27. The van der Waals surface area contributed by atoms with Gasteiger partial charge in [0.25, 0.3) is 5.56 Å². The highest BCUT2D eigenvalue weighted by atomic mass is 16.5. The maximum absolute atomic E-state index is 12.1. The molecular weight excluding hydrogens is 330 g/mol. The summed E-state index contributed by atoms with van der Waals surface area (Å²) in [5.41, 5.74) is 1.71. The Hall–Kier alpha value is -2.86. The molecule has 0 bridgehead atoms. The van der Waals surface area contributed by atoms with Gasteiger partial charge in [-0.3, -0.25) is 4.79 Å². The number of para-hydroxylation sites is 1. The maximum Gasteiger partial charge on any atom is 0.258 e. The van der Waals surface area contributed by atoms with E-state index in [1.165, 1.54) is 0 Å². The van der Waals surface area contributed by atoms with Crippen LogP contribution in [0.3, 0.4) is 0 Å². The van der Waals surface area contributed by atoms with Gasteiger partial charge in [-0.05, 0) is 25.2 Å². The second kappa shape index (κ2) is 8.01. The van der Waals surface area contributed by atoms with E-state index >= 15 is 0 Å². The van der Waals surface area contributed by atoms with E-state index in [9.17, 15) is 4.79 Å². The van der Waals surface area contributed by atoms with Crippen LogP contribution in [0.2, 0.25) is 0 Å². The van der Waals surface area contributed by atoms with Crippen molar-refractivity contribution in [3.8, 4) is 11.5 Å². The summed E-state index contributed by atoms with van der Waals surface area (Å²) in [5, 5.41) is 0.618. The minimum Gasteiger partial charge on any atom is -0.497 e. The molecule has 0 spiro atoms. The lowest BCUT2D eigenvalue weighted by Gasteiger charge is -2.18. The molecule has 0 aliphatic carbocycles. The Balaban J connectivity index is 1.68. The molecule has 26 heavy (non-hydrogen) atoms. The standard InChI is InChI=1S/C20H23N3O3/c1-23(13-14-8-9-15(25-2)12-18(14)26-3)11-10-19-21-17-7-5-4-6-16(17)20(24)22-19/h4-9,12H,10-11,13H2,1-3H3,(H,21,22,24). The van der Waals surface area contributed by atoms with E-state index in [-0.39, 0.29) is 5.56 Å². The summed E-state index contributed by atoms with van der Waals surface area (Å²) in [4.78, 5) is 21.7. The van der Waals surface area contributed by atoms with Crippen molar-refractivity contribution in [2.24, 2.45) is 0 Å². The lowest BCUT2D eigenvalue weighted by Crippen LogP contribution is -2.23. The Morgan fingerprint density at radius 1 is 1.12 bits per heavy atom. The molecule has 0 saturated heterocycles. The summed E-state index contributed by atoms with van der Waals surface area (Å²) in [7, 11) is 5.32. The largest absolute Gasteiger partial charge is 0.497 e. The molecule has 3 rings (SSSR count). The van der Waals surface area contributed by atoms with Crippen LogP contribution in [0, 0.1) is 0 Å². The highest BCUT2D eigenvalue weighted by Gasteiger charge is 2.09. The fraction of sp³-hybridized carbons (Fsp3) is 0.300. The van der Waals surface area contributed by atoms with Crippen LogP contribution >= 0.6 is 0 Å². The lowest BCUT2D eigenvalue weighted by atomic mass is 10.1. The number of nitrogens with one attached hydrogen (secondary N) is 1. The molecule has 2 aromatic carbocycles. The van der Waals surface area contributed by atoms with E-state index in [2.05, 4.69) is 14.9 Å². The van der Waals surface area contributed by atoms with Gasteiger partial charge in [-0.15, -0.1) is 0 Å². The van der Waals surface area contributed by atoms with Gasteiger partial charge in [-0.1, -0.05) is 18.2 Å². The first-order chi connectivity index (χ1) is 12.6. The first kappa shape index (κ1) is 17.9. The molecular formula is C20H23N3O3. The predicted molar refractivity (Wildman–Crippen MR) is 102 cm³/mol. The van der Waals surface area contributed by atoms with E-state index in [0.717, 1.165) is 35.7 Å². The average Bonchev–Trinajstić information content (AvgIpc) is 2.66. The summed E-state index contributed by atoms with van der Waals surface area (Å²) >= 11 is 0. The molecule has 6 nitrogen and oxygen atoms in total. The monoisotopic (exact) mass is 353 g/mol. The van der Waals surface area contributed by atoms with Crippen molar-refractivity contribution in [2.75, 3.05) is 27.8 Å². The van der Waals surface area contributed by atoms with Crippen LogP contribution in [0.1, 0.15) is 11.4 Å². The second-order valence-electron chi connectivity index (χ2n) is 6.20. The van der Waals surface area contributed by atoms with Crippen molar-refractivity contribution < 1.29 is 9.47 Å². The van der Waals surface area contributed by atoms with Crippen LogP contribution < -0.4 is 15.0 Å². The number of fused-ring (bicyclic) bond motifs is 1. The predicted octanol–water partition coefficient (Wildman–Crippen LogP) is 2.61. The number of rotatable bonds is 7. The zero-order chi connectivity index (χ0) is 18.5. The number of aromatic nitrogens is 2. The fourth-order valence-electron chi connectivity index (χ4n) is 2.90.